The van der Waals surface area contributed by atoms with Gasteiger partial charge in [-0.25, -0.2) is 13.8 Å². The molecule has 10 heteroatoms. The Morgan fingerprint density at radius 1 is 1.32 bits per heavy atom. The predicted molar refractivity (Wildman–Crippen MR) is 83.8 cm³/mol. The van der Waals surface area contributed by atoms with Crippen molar-refractivity contribution in [2.45, 2.75) is 18.9 Å². The molecular formula is C15H15N2NaO6S. The Labute approximate surface area is 167 Å². The normalized spacial score (nSPS) is 11.2. The largest absolute Gasteiger partial charge is 1.00 e. The Morgan fingerprint density at radius 2 is 2.04 bits per heavy atom. The molecule has 1 N–H and O–H groups in total. The van der Waals surface area contributed by atoms with Crippen LogP contribution < -0.4 is 39.7 Å². The number of hydrogen-bond acceptors (Lipinski definition) is 7. The standard InChI is InChI=1S/C15H16N2O6S.Na/c1-10-3-5-13(11(2)7-10)22-9-14(18)17-16-8-12-4-6-15(23-12)24(19,20)21;/h3-8H,9H2,1-2H3,(H,17,18)(H,19,20,21);/q;+1/p-1/b16-8+;. The smallest absolute Gasteiger partial charge is 0.742 e. The van der Waals surface area contributed by atoms with Gasteiger partial charge in [0.15, 0.2) is 16.7 Å². The Balaban J connectivity index is 0.00000312. The number of furan rings is 1. The van der Waals surface area contributed by atoms with Gasteiger partial charge in [-0.3, -0.25) is 4.79 Å². The second-order valence-electron chi connectivity index (χ2n) is 4.96. The Bertz CT molecular complexity index is 876. The van der Waals surface area contributed by atoms with Crippen LogP contribution in [0.4, 0.5) is 0 Å². The third kappa shape index (κ3) is 6.63. The van der Waals surface area contributed by atoms with Crippen molar-refractivity contribution in [1.29, 1.82) is 0 Å². The summed E-state index contributed by atoms with van der Waals surface area (Å²) in [6, 6.07) is 7.83. The maximum atomic E-state index is 11.6. The first-order valence-electron chi connectivity index (χ1n) is 6.83. The van der Waals surface area contributed by atoms with E-state index in [4.69, 9.17) is 9.15 Å². The second kappa shape index (κ2) is 9.16. The molecule has 0 saturated carbocycles. The van der Waals surface area contributed by atoms with Gasteiger partial charge in [-0.15, -0.1) is 0 Å². The Morgan fingerprint density at radius 3 is 2.64 bits per heavy atom. The molecule has 0 unspecified atom stereocenters. The molecule has 0 atom stereocenters. The molecule has 1 aromatic carbocycles. The summed E-state index contributed by atoms with van der Waals surface area (Å²) in [6.45, 7) is 3.59. The minimum Gasteiger partial charge on any atom is -0.742 e. The van der Waals surface area contributed by atoms with Crippen LogP contribution >= 0.6 is 0 Å². The van der Waals surface area contributed by atoms with Gasteiger partial charge in [0, 0.05) is 0 Å². The summed E-state index contributed by atoms with van der Waals surface area (Å²) in [5.74, 6) is 0.102. The molecule has 2 aromatic rings. The van der Waals surface area contributed by atoms with E-state index in [1.165, 1.54) is 6.07 Å². The van der Waals surface area contributed by atoms with E-state index in [1.807, 2.05) is 26.0 Å². The average molecular weight is 374 g/mol. The fourth-order valence-electron chi connectivity index (χ4n) is 1.84. The first-order chi connectivity index (χ1) is 11.3. The summed E-state index contributed by atoms with van der Waals surface area (Å²) < 4.78 is 42.3. The van der Waals surface area contributed by atoms with Crippen molar-refractivity contribution in [2.24, 2.45) is 5.10 Å². The number of carbonyl (C=O) groups excluding carboxylic acids is 1. The molecule has 0 saturated heterocycles. The van der Waals surface area contributed by atoms with E-state index >= 15 is 0 Å². The van der Waals surface area contributed by atoms with E-state index in [0.717, 1.165) is 23.4 Å². The van der Waals surface area contributed by atoms with E-state index in [0.29, 0.717) is 5.75 Å². The third-order valence-electron chi connectivity index (χ3n) is 2.92. The molecule has 1 heterocycles. The van der Waals surface area contributed by atoms with Crippen LogP contribution in [0, 0.1) is 13.8 Å². The van der Waals surface area contributed by atoms with Crippen molar-refractivity contribution >= 4 is 22.2 Å². The van der Waals surface area contributed by atoms with E-state index < -0.39 is 21.1 Å². The van der Waals surface area contributed by atoms with Crippen LogP contribution in [-0.2, 0) is 14.9 Å². The van der Waals surface area contributed by atoms with E-state index in [2.05, 4.69) is 10.5 Å². The van der Waals surface area contributed by atoms with Crippen LogP contribution in [0.5, 0.6) is 5.75 Å². The molecule has 25 heavy (non-hydrogen) atoms. The molecule has 0 aliphatic rings. The number of aryl methyl sites for hydroxylation is 2. The first-order valence-corrected chi connectivity index (χ1v) is 8.24. The molecular weight excluding hydrogens is 359 g/mol. The maximum Gasteiger partial charge on any atom is 1.00 e. The minimum absolute atomic E-state index is 0. The number of rotatable bonds is 6. The van der Waals surface area contributed by atoms with Gasteiger partial charge in [0.05, 0.1) is 6.21 Å². The SMILES string of the molecule is Cc1ccc(OCC(=O)N/N=C/c2ccc(S(=O)(=O)[O-])o2)c(C)c1.[Na+]. The predicted octanol–water partition coefficient (Wildman–Crippen LogP) is -1.67. The summed E-state index contributed by atoms with van der Waals surface area (Å²) in [5, 5.41) is 2.88. The van der Waals surface area contributed by atoms with Gasteiger partial charge in [0.1, 0.15) is 11.5 Å². The third-order valence-corrected chi connectivity index (χ3v) is 3.63. The number of nitrogens with one attached hydrogen (secondary N) is 1. The molecule has 1 amide bonds. The summed E-state index contributed by atoms with van der Waals surface area (Å²) in [7, 11) is -4.66. The van der Waals surface area contributed by atoms with Crippen LogP contribution in [0.2, 0.25) is 0 Å². The van der Waals surface area contributed by atoms with Gasteiger partial charge in [-0.1, -0.05) is 17.7 Å². The molecule has 2 rings (SSSR count). The zero-order chi connectivity index (χ0) is 17.7. The van der Waals surface area contributed by atoms with Crippen LogP contribution in [0.15, 0.2) is 44.9 Å². The summed E-state index contributed by atoms with van der Waals surface area (Å²) in [4.78, 5) is 11.6. The van der Waals surface area contributed by atoms with Crippen molar-refractivity contribution in [3.63, 3.8) is 0 Å². The molecule has 0 fully saturated rings. The first kappa shape index (κ1) is 21.4. The van der Waals surface area contributed by atoms with Crippen molar-refractivity contribution in [3.8, 4) is 5.75 Å². The number of hydrazone groups is 1. The number of carbonyl (C=O) groups is 1. The molecule has 0 bridgehead atoms. The monoisotopic (exact) mass is 374 g/mol. The zero-order valence-electron chi connectivity index (χ0n) is 14.0. The fourth-order valence-corrected chi connectivity index (χ4v) is 2.28. The van der Waals surface area contributed by atoms with Gasteiger partial charge < -0.3 is 13.7 Å². The quantitative estimate of drug-likeness (QED) is 0.279. The summed E-state index contributed by atoms with van der Waals surface area (Å²) >= 11 is 0. The second-order valence-corrected chi connectivity index (χ2v) is 6.27. The minimum atomic E-state index is -4.66. The molecule has 0 radical (unpaired) electrons. The number of amides is 1. The summed E-state index contributed by atoms with van der Waals surface area (Å²) in [6.07, 6.45) is 1.07. The van der Waals surface area contributed by atoms with E-state index in [1.54, 1.807) is 6.07 Å². The van der Waals surface area contributed by atoms with Gasteiger partial charge in [0.2, 0.25) is 5.09 Å². The van der Waals surface area contributed by atoms with Crippen molar-refractivity contribution in [3.05, 3.63) is 47.2 Å². The number of nitrogens with zero attached hydrogens (tertiary/aromatic N) is 1. The topological polar surface area (TPSA) is 121 Å². The average Bonchev–Trinajstić information content (AvgIpc) is 2.95. The van der Waals surface area contributed by atoms with E-state index in [9.17, 15) is 17.8 Å². The Kier molecular flexibility index (Phi) is 7.84. The number of benzene rings is 1. The molecule has 0 aliphatic heterocycles. The Hall–Kier alpha value is -1.65. The number of hydrogen-bond donors (Lipinski definition) is 1. The van der Waals surface area contributed by atoms with Gasteiger partial charge in [-0.2, -0.15) is 5.10 Å². The molecule has 0 aliphatic carbocycles. The van der Waals surface area contributed by atoms with Crippen LogP contribution in [-0.4, -0.2) is 31.7 Å². The fraction of sp³-hybridized carbons (Fsp3) is 0.200. The maximum absolute atomic E-state index is 11.6. The molecule has 128 valence electrons. The zero-order valence-corrected chi connectivity index (χ0v) is 16.8. The van der Waals surface area contributed by atoms with Gasteiger partial charge in [-0.05, 0) is 37.6 Å². The van der Waals surface area contributed by atoms with Crippen molar-refractivity contribution < 1.29 is 56.5 Å². The van der Waals surface area contributed by atoms with Crippen LogP contribution in [0.1, 0.15) is 16.9 Å². The van der Waals surface area contributed by atoms with Gasteiger partial charge in [0.25, 0.3) is 5.91 Å². The molecule has 8 nitrogen and oxygen atoms in total. The van der Waals surface area contributed by atoms with Gasteiger partial charge >= 0.3 is 29.6 Å². The van der Waals surface area contributed by atoms with Crippen molar-refractivity contribution in [2.75, 3.05) is 6.61 Å². The van der Waals surface area contributed by atoms with Crippen molar-refractivity contribution in [1.82, 2.24) is 5.43 Å². The molecule has 0 spiro atoms. The summed E-state index contributed by atoms with van der Waals surface area (Å²) in [5.41, 5.74) is 4.20. The van der Waals surface area contributed by atoms with Crippen LogP contribution in [0.25, 0.3) is 0 Å². The van der Waals surface area contributed by atoms with E-state index in [-0.39, 0.29) is 41.9 Å². The molecule has 1 aromatic heterocycles. The number of ether oxygens (including phenoxy) is 1. The van der Waals surface area contributed by atoms with Crippen LogP contribution in [0.3, 0.4) is 0 Å².